The molecule has 1 heterocycles. The van der Waals surface area contributed by atoms with Gasteiger partial charge in [-0.25, -0.2) is 0 Å². The molecule has 1 rings (SSSR count). The molecule has 0 aromatic carbocycles. The van der Waals surface area contributed by atoms with E-state index in [0.29, 0.717) is 18.5 Å². The monoisotopic (exact) mass is 282 g/mol. The number of aromatic nitrogens is 2. The fraction of sp³-hybridized carbons (Fsp3) is 0.867. The van der Waals surface area contributed by atoms with Crippen LogP contribution in [0.2, 0.25) is 0 Å². The van der Waals surface area contributed by atoms with Crippen LogP contribution in [0, 0.1) is 0 Å². The Hall–Kier alpha value is -1.10. The van der Waals surface area contributed by atoms with Crippen molar-refractivity contribution in [2.75, 3.05) is 18.4 Å². The Bertz CT molecular complexity index is 327. The van der Waals surface area contributed by atoms with Crippen molar-refractivity contribution in [3.05, 3.63) is 5.89 Å². The summed E-state index contributed by atoms with van der Waals surface area (Å²) in [5.74, 6) is 0.644. The van der Waals surface area contributed by atoms with Crippen LogP contribution in [-0.4, -0.2) is 23.3 Å². The molecule has 0 atom stereocenters. The van der Waals surface area contributed by atoms with Crippen molar-refractivity contribution in [2.45, 2.75) is 71.8 Å². The number of rotatable bonds is 13. The lowest BCUT2D eigenvalue weighted by Crippen LogP contribution is -2.11. The van der Waals surface area contributed by atoms with Crippen LogP contribution in [0.3, 0.4) is 0 Å². The Labute approximate surface area is 122 Å². The Morgan fingerprint density at radius 3 is 2.30 bits per heavy atom. The first-order valence-corrected chi connectivity index (χ1v) is 8.13. The summed E-state index contributed by atoms with van der Waals surface area (Å²) in [5, 5.41) is 14.3. The predicted octanol–water partition coefficient (Wildman–Crippen LogP) is 3.73. The van der Waals surface area contributed by atoms with E-state index < -0.39 is 0 Å². The molecule has 5 heteroatoms. The summed E-state index contributed by atoms with van der Waals surface area (Å²) < 4.78 is 5.46. The molecule has 1 aromatic rings. The van der Waals surface area contributed by atoms with Gasteiger partial charge in [0.15, 0.2) is 0 Å². The van der Waals surface area contributed by atoms with Crippen molar-refractivity contribution in [1.29, 1.82) is 0 Å². The first-order valence-electron chi connectivity index (χ1n) is 8.13. The third-order valence-corrected chi connectivity index (χ3v) is 3.30. The van der Waals surface area contributed by atoms with E-state index in [9.17, 15) is 0 Å². The number of nitrogens with zero attached hydrogens (tertiary/aromatic N) is 2. The van der Waals surface area contributed by atoms with Gasteiger partial charge in [-0.3, -0.25) is 0 Å². The minimum absolute atomic E-state index is 0.542. The van der Waals surface area contributed by atoms with Crippen molar-refractivity contribution >= 4 is 6.01 Å². The standard InChI is InChI=1S/C15H30N4O/c1-3-5-6-7-8-9-10-11-12-17-15-19-18-14(20-15)13-16-4-2/h16H,3-13H2,1-2H3,(H,17,19). The van der Waals surface area contributed by atoms with Gasteiger partial charge in [0, 0.05) is 6.54 Å². The second-order valence-electron chi connectivity index (χ2n) is 5.18. The van der Waals surface area contributed by atoms with E-state index in [4.69, 9.17) is 4.42 Å². The first kappa shape index (κ1) is 17.0. The molecule has 0 aliphatic rings. The normalized spacial score (nSPS) is 10.9. The van der Waals surface area contributed by atoms with Gasteiger partial charge in [0.2, 0.25) is 5.89 Å². The van der Waals surface area contributed by atoms with Crippen LogP contribution in [0.25, 0.3) is 0 Å². The summed E-state index contributed by atoms with van der Waals surface area (Å²) in [4.78, 5) is 0. The highest BCUT2D eigenvalue weighted by molar-refractivity contribution is 5.16. The van der Waals surface area contributed by atoms with Crippen LogP contribution in [-0.2, 0) is 6.54 Å². The minimum atomic E-state index is 0.542. The zero-order chi connectivity index (χ0) is 14.5. The zero-order valence-corrected chi connectivity index (χ0v) is 13.1. The average molecular weight is 282 g/mol. The molecule has 1 aromatic heterocycles. The fourth-order valence-electron chi connectivity index (χ4n) is 2.08. The Balaban J connectivity index is 1.94. The van der Waals surface area contributed by atoms with E-state index in [-0.39, 0.29) is 0 Å². The lowest BCUT2D eigenvalue weighted by atomic mass is 10.1. The van der Waals surface area contributed by atoms with Gasteiger partial charge in [0.1, 0.15) is 0 Å². The summed E-state index contributed by atoms with van der Waals surface area (Å²) in [5.41, 5.74) is 0. The zero-order valence-electron chi connectivity index (χ0n) is 13.1. The lowest BCUT2D eigenvalue weighted by Gasteiger charge is -2.02. The topological polar surface area (TPSA) is 63.0 Å². The Morgan fingerprint density at radius 1 is 0.900 bits per heavy atom. The summed E-state index contributed by atoms with van der Waals surface area (Å²) in [7, 11) is 0. The summed E-state index contributed by atoms with van der Waals surface area (Å²) >= 11 is 0. The van der Waals surface area contributed by atoms with Gasteiger partial charge in [0.05, 0.1) is 6.54 Å². The van der Waals surface area contributed by atoms with E-state index in [0.717, 1.165) is 13.1 Å². The molecule has 0 saturated carbocycles. The van der Waals surface area contributed by atoms with Crippen LogP contribution in [0.1, 0.15) is 71.1 Å². The molecule has 0 aliphatic heterocycles. The van der Waals surface area contributed by atoms with E-state index in [1.807, 2.05) is 0 Å². The van der Waals surface area contributed by atoms with E-state index in [2.05, 4.69) is 34.7 Å². The van der Waals surface area contributed by atoms with Crippen molar-refractivity contribution in [3.63, 3.8) is 0 Å². The summed E-state index contributed by atoms with van der Waals surface area (Å²) in [6, 6.07) is 0.542. The molecular formula is C15H30N4O. The Morgan fingerprint density at radius 2 is 1.60 bits per heavy atom. The number of unbranched alkanes of at least 4 members (excludes halogenated alkanes) is 7. The first-order chi connectivity index (χ1) is 9.86. The fourth-order valence-corrected chi connectivity index (χ4v) is 2.08. The molecular weight excluding hydrogens is 252 g/mol. The van der Waals surface area contributed by atoms with Crippen molar-refractivity contribution in [3.8, 4) is 0 Å². The quantitative estimate of drug-likeness (QED) is 0.540. The molecule has 0 fully saturated rings. The molecule has 5 nitrogen and oxygen atoms in total. The third kappa shape index (κ3) is 8.15. The largest absolute Gasteiger partial charge is 0.407 e. The van der Waals surface area contributed by atoms with Crippen molar-refractivity contribution in [1.82, 2.24) is 15.5 Å². The maximum absolute atomic E-state index is 5.46. The van der Waals surface area contributed by atoms with Gasteiger partial charge < -0.3 is 15.1 Å². The van der Waals surface area contributed by atoms with Gasteiger partial charge in [-0.2, -0.15) is 0 Å². The molecule has 116 valence electrons. The van der Waals surface area contributed by atoms with Crippen LogP contribution < -0.4 is 10.6 Å². The number of anilines is 1. The van der Waals surface area contributed by atoms with Crippen molar-refractivity contribution < 1.29 is 4.42 Å². The molecule has 0 spiro atoms. The number of hydrogen-bond donors (Lipinski definition) is 2. The smallest absolute Gasteiger partial charge is 0.315 e. The number of hydrogen-bond acceptors (Lipinski definition) is 5. The Kier molecular flexibility index (Phi) is 9.92. The SMILES string of the molecule is CCCCCCCCCCNc1nnc(CNCC)o1. The van der Waals surface area contributed by atoms with Crippen LogP contribution in [0.5, 0.6) is 0 Å². The molecule has 0 radical (unpaired) electrons. The highest BCUT2D eigenvalue weighted by Crippen LogP contribution is 2.09. The minimum Gasteiger partial charge on any atom is -0.407 e. The lowest BCUT2D eigenvalue weighted by molar-refractivity contribution is 0.480. The van der Waals surface area contributed by atoms with Gasteiger partial charge in [-0.1, -0.05) is 63.9 Å². The average Bonchev–Trinajstić information content (AvgIpc) is 2.91. The van der Waals surface area contributed by atoms with Crippen LogP contribution in [0.15, 0.2) is 4.42 Å². The molecule has 0 unspecified atom stereocenters. The summed E-state index contributed by atoms with van der Waals surface area (Å²) in [6.07, 6.45) is 10.6. The van der Waals surface area contributed by atoms with E-state index in [1.165, 1.54) is 51.4 Å². The highest BCUT2D eigenvalue weighted by Gasteiger charge is 2.03. The predicted molar refractivity (Wildman–Crippen MR) is 82.8 cm³/mol. The van der Waals surface area contributed by atoms with E-state index >= 15 is 0 Å². The van der Waals surface area contributed by atoms with Gasteiger partial charge in [-0.05, 0) is 13.0 Å². The van der Waals surface area contributed by atoms with Crippen LogP contribution >= 0.6 is 0 Å². The van der Waals surface area contributed by atoms with E-state index in [1.54, 1.807) is 0 Å². The number of nitrogens with one attached hydrogen (secondary N) is 2. The molecule has 0 aliphatic carbocycles. The molecule has 20 heavy (non-hydrogen) atoms. The molecule has 0 amide bonds. The van der Waals surface area contributed by atoms with Gasteiger partial charge in [-0.15, -0.1) is 5.10 Å². The third-order valence-electron chi connectivity index (χ3n) is 3.30. The van der Waals surface area contributed by atoms with Crippen molar-refractivity contribution in [2.24, 2.45) is 0 Å². The second-order valence-corrected chi connectivity index (χ2v) is 5.18. The summed E-state index contributed by atoms with van der Waals surface area (Å²) in [6.45, 7) is 6.77. The highest BCUT2D eigenvalue weighted by atomic mass is 16.4. The molecule has 2 N–H and O–H groups in total. The second kappa shape index (κ2) is 11.7. The van der Waals surface area contributed by atoms with Crippen LogP contribution in [0.4, 0.5) is 6.01 Å². The maximum atomic E-state index is 5.46. The molecule has 0 saturated heterocycles. The maximum Gasteiger partial charge on any atom is 0.315 e. The van der Waals surface area contributed by atoms with Gasteiger partial charge in [0.25, 0.3) is 0 Å². The van der Waals surface area contributed by atoms with Gasteiger partial charge >= 0.3 is 6.01 Å². The molecule has 0 bridgehead atoms.